The minimum Gasteiger partial charge on any atom is -0.0845 e. The van der Waals surface area contributed by atoms with Crippen molar-refractivity contribution >= 4 is 5.57 Å². The molecular weight excluding hydrogens is 288 g/mol. The van der Waals surface area contributed by atoms with Gasteiger partial charge in [-0.05, 0) is 70.7 Å². The first-order valence-corrected chi connectivity index (χ1v) is 9.12. The lowest BCUT2D eigenvalue weighted by Crippen LogP contribution is -2.15. The monoisotopic (exact) mass is 314 g/mol. The fourth-order valence-electron chi connectivity index (χ4n) is 4.46. The Hall–Kier alpha value is -2.08. The van der Waals surface area contributed by atoms with Crippen LogP contribution < -0.4 is 0 Å². The molecule has 0 aliphatic heterocycles. The molecule has 0 radical (unpaired) electrons. The molecule has 1 atom stereocenters. The van der Waals surface area contributed by atoms with Gasteiger partial charge in [-0.1, -0.05) is 69.3 Å². The van der Waals surface area contributed by atoms with E-state index in [0.717, 1.165) is 0 Å². The molecule has 2 aliphatic rings. The van der Waals surface area contributed by atoms with E-state index in [-0.39, 0.29) is 5.41 Å². The van der Waals surface area contributed by atoms with Crippen LogP contribution in [0, 0.1) is 12.8 Å². The molecule has 0 heteroatoms. The Bertz CT molecular complexity index is 862. The molecular formula is C24H26. The van der Waals surface area contributed by atoms with Crippen LogP contribution in [0.15, 0.2) is 54.6 Å². The molecule has 0 aromatic heterocycles. The quantitative estimate of drug-likeness (QED) is 0.551. The number of hydrogen-bond donors (Lipinski definition) is 0. The zero-order valence-corrected chi connectivity index (χ0v) is 15.2. The minimum absolute atomic E-state index is 0.0821. The minimum atomic E-state index is 0.0821. The van der Waals surface area contributed by atoms with Crippen molar-refractivity contribution in [1.82, 2.24) is 0 Å². The van der Waals surface area contributed by atoms with Crippen LogP contribution in [-0.4, -0.2) is 0 Å². The second kappa shape index (κ2) is 5.48. The van der Waals surface area contributed by atoms with Gasteiger partial charge in [0.25, 0.3) is 0 Å². The first-order chi connectivity index (χ1) is 11.5. The normalized spacial score (nSPS) is 21.0. The molecule has 2 aliphatic carbocycles. The van der Waals surface area contributed by atoms with E-state index in [9.17, 15) is 0 Å². The standard InChI is InChI=1S/C24H26/c1-16-10-6-5-7-11-18(16)20-15-23-21(14-17(20)2)19-12-8-9-13-22(19)24(23,3)4/h5,7-9,11-16H,6,10H2,1-4H3. The van der Waals surface area contributed by atoms with Gasteiger partial charge in [0, 0.05) is 5.41 Å². The molecule has 0 fully saturated rings. The molecule has 0 N–H and O–H groups in total. The van der Waals surface area contributed by atoms with E-state index in [4.69, 9.17) is 0 Å². The van der Waals surface area contributed by atoms with Crippen LogP contribution in [-0.2, 0) is 5.41 Å². The predicted molar refractivity (Wildman–Crippen MR) is 104 cm³/mol. The van der Waals surface area contributed by atoms with Crippen molar-refractivity contribution in [2.24, 2.45) is 5.92 Å². The maximum absolute atomic E-state index is 2.48. The molecule has 1 unspecified atom stereocenters. The summed E-state index contributed by atoms with van der Waals surface area (Å²) in [5, 5.41) is 0. The van der Waals surface area contributed by atoms with Crippen LogP contribution in [0.2, 0.25) is 0 Å². The Labute approximate surface area is 145 Å². The van der Waals surface area contributed by atoms with E-state index in [1.54, 1.807) is 0 Å². The van der Waals surface area contributed by atoms with Crippen LogP contribution >= 0.6 is 0 Å². The lowest BCUT2D eigenvalue weighted by atomic mass is 9.79. The van der Waals surface area contributed by atoms with Crippen molar-refractivity contribution in [2.45, 2.75) is 46.0 Å². The van der Waals surface area contributed by atoms with E-state index < -0.39 is 0 Å². The topological polar surface area (TPSA) is 0 Å². The van der Waals surface area contributed by atoms with Crippen LogP contribution in [0.25, 0.3) is 16.7 Å². The second-order valence-electron chi connectivity index (χ2n) is 7.91. The van der Waals surface area contributed by atoms with E-state index in [1.165, 1.54) is 51.8 Å². The third-order valence-corrected chi connectivity index (χ3v) is 5.95. The number of rotatable bonds is 1. The highest BCUT2D eigenvalue weighted by Crippen LogP contribution is 2.50. The summed E-state index contributed by atoms with van der Waals surface area (Å²) in [5.74, 6) is 0.614. The van der Waals surface area contributed by atoms with E-state index in [2.05, 4.69) is 82.3 Å². The molecule has 0 amide bonds. The highest BCUT2D eigenvalue weighted by Gasteiger charge is 2.35. The average Bonchev–Trinajstić information content (AvgIpc) is 2.70. The zero-order valence-electron chi connectivity index (χ0n) is 15.2. The molecule has 24 heavy (non-hydrogen) atoms. The third-order valence-electron chi connectivity index (χ3n) is 5.95. The van der Waals surface area contributed by atoms with Gasteiger partial charge >= 0.3 is 0 Å². The van der Waals surface area contributed by atoms with Gasteiger partial charge in [0.2, 0.25) is 0 Å². The Balaban J connectivity index is 1.92. The summed E-state index contributed by atoms with van der Waals surface area (Å²) in [6, 6.07) is 13.8. The van der Waals surface area contributed by atoms with Gasteiger partial charge in [0.1, 0.15) is 0 Å². The van der Waals surface area contributed by atoms with Gasteiger partial charge in [0.15, 0.2) is 0 Å². The molecule has 0 bridgehead atoms. The van der Waals surface area contributed by atoms with Gasteiger partial charge in [0.05, 0.1) is 0 Å². The highest BCUT2D eigenvalue weighted by molar-refractivity contribution is 5.84. The molecule has 122 valence electrons. The molecule has 0 saturated heterocycles. The van der Waals surface area contributed by atoms with Gasteiger partial charge < -0.3 is 0 Å². The summed E-state index contributed by atoms with van der Waals surface area (Å²) >= 11 is 0. The first-order valence-electron chi connectivity index (χ1n) is 9.12. The van der Waals surface area contributed by atoms with Crippen molar-refractivity contribution in [3.63, 3.8) is 0 Å². The third kappa shape index (κ3) is 2.20. The fourth-order valence-corrected chi connectivity index (χ4v) is 4.46. The number of fused-ring (bicyclic) bond motifs is 3. The van der Waals surface area contributed by atoms with E-state index in [1.807, 2.05) is 0 Å². The number of allylic oxidation sites excluding steroid dienone is 4. The Morgan fingerprint density at radius 1 is 0.958 bits per heavy atom. The molecule has 0 nitrogen and oxygen atoms in total. The van der Waals surface area contributed by atoms with Gasteiger partial charge in [-0.3, -0.25) is 0 Å². The van der Waals surface area contributed by atoms with Crippen LogP contribution in [0.3, 0.4) is 0 Å². The van der Waals surface area contributed by atoms with E-state index in [0.29, 0.717) is 5.92 Å². The largest absolute Gasteiger partial charge is 0.0845 e. The molecule has 4 rings (SSSR count). The summed E-state index contributed by atoms with van der Waals surface area (Å²) in [6.45, 7) is 9.36. The number of hydrogen-bond acceptors (Lipinski definition) is 0. The molecule has 0 spiro atoms. The Morgan fingerprint density at radius 2 is 1.75 bits per heavy atom. The molecule has 2 aromatic carbocycles. The fraction of sp³-hybridized carbons (Fsp3) is 0.333. The SMILES string of the molecule is Cc1cc2c(cc1C1=CC=CCCC1C)C(C)(C)c1ccccc1-2. The van der Waals surface area contributed by atoms with Crippen molar-refractivity contribution in [2.75, 3.05) is 0 Å². The predicted octanol–water partition coefficient (Wildman–Crippen LogP) is 6.67. The summed E-state index contributed by atoms with van der Waals surface area (Å²) in [4.78, 5) is 0. The molecule has 0 heterocycles. The van der Waals surface area contributed by atoms with Crippen molar-refractivity contribution in [1.29, 1.82) is 0 Å². The zero-order chi connectivity index (χ0) is 16.9. The first kappa shape index (κ1) is 15.4. The Morgan fingerprint density at radius 3 is 2.58 bits per heavy atom. The van der Waals surface area contributed by atoms with E-state index >= 15 is 0 Å². The summed E-state index contributed by atoms with van der Waals surface area (Å²) < 4.78 is 0. The highest BCUT2D eigenvalue weighted by atomic mass is 14.4. The maximum Gasteiger partial charge on any atom is 0.0159 e. The number of benzene rings is 2. The summed E-state index contributed by atoms with van der Waals surface area (Å²) in [7, 11) is 0. The lowest BCUT2D eigenvalue weighted by molar-refractivity contribution is 0.657. The van der Waals surface area contributed by atoms with Crippen LogP contribution in [0.4, 0.5) is 0 Å². The lowest BCUT2D eigenvalue weighted by Gasteiger charge is -2.24. The van der Waals surface area contributed by atoms with Crippen molar-refractivity contribution in [3.8, 4) is 11.1 Å². The van der Waals surface area contributed by atoms with Crippen molar-refractivity contribution < 1.29 is 0 Å². The van der Waals surface area contributed by atoms with Gasteiger partial charge in [-0.25, -0.2) is 0 Å². The number of aryl methyl sites for hydroxylation is 1. The van der Waals surface area contributed by atoms with Crippen LogP contribution in [0.5, 0.6) is 0 Å². The summed E-state index contributed by atoms with van der Waals surface area (Å²) in [5.41, 5.74) is 10.2. The van der Waals surface area contributed by atoms with Crippen molar-refractivity contribution in [3.05, 3.63) is 76.9 Å². The second-order valence-corrected chi connectivity index (χ2v) is 7.91. The van der Waals surface area contributed by atoms with Crippen LogP contribution in [0.1, 0.15) is 55.9 Å². The van der Waals surface area contributed by atoms with Gasteiger partial charge in [-0.15, -0.1) is 0 Å². The molecule has 0 saturated carbocycles. The maximum atomic E-state index is 2.48. The average molecular weight is 314 g/mol. The smallest absolute Gasteiger partial charge is 0.0159 e. The molecule has 2 aromatic rings. The van der Waals surface area contributed by atoms with Gasteiger partial charge in [-0.2, -0.15) is 0 Å². The Kier molecular flexibility index (Phi) is 3.53. The summed E-state index contributed by atoms with van der Waals surface area (Å²) in [6.07, 6.45) is 9.30.